The van der Waals surface area contributed by atoms with Gasteiger partial charge in [-0.25, -0.2) is 8.42 Å². The monoisotopic (exact) mass is 454 g/mol. The Labute approximate surface area is 181 Å². The molecule has 1 aliphatic rings. The van der Waals surface area contributed by atoms with Crippen LogP contribution >= 0.6 is 0 Å². The highest BCUT2D eigenvalue weighted by Gasteiger charge is 2.46. The number of aromatic amines is 1. The summed E-state index contributed by atoms with van der Waals surface area (Å²) in [5.41, 5.74) is -0.956. The van der Waals surface area contributed by atoms with Crippen LogP contribution in [0.2, 0.25) is 0 Å². The molecule has 1 fully saturated rings. The summed E-state index contributed by atoms with van der Waals surface area (Å²) in [6.07, 6.45) is -0.249. The van der Waals surface area contributed by atoms with E-state index in [-0.39, 0.29) is 29.9 Å². The third-order valence-electron chi connectivity index (χ3n) is 5.83. The van der Waals surface area contributed by atoms with Crippen molar-refractivity contribution in [1.82, 2.24) is 10.2 Å². The van der Waals surface area contributed by atoms with Crippen molar-refractivity contribution in [2.75, 3.05) is 6.61 Å². The number of aromatic nitrogens is 2. The van der Waals surface area contributed by atoms with E-state index in [0.29, 0.717) is 11.4 Å². The van der Waals surface area contributed by atoms with E-state index < -0.39 is 37.8 Å². The standard InChI is InChI=1S/C22H28F2N2O4S/c1-14(2)22(23,24)15-7-6-8-16(11-15)31(28,29)21(5)9-10-30-18(13-21)17-12-19(26-25-17)20(3,4)27/h6-8,11-12,18,27H,1,9-10,13H2,2-5H3,(H,25,26). The molecule has 0 radical (unpaired) electrons. The van der Waals surface area contributed by atoms with Crippen molar-refractivity contribution >= 4 is 9.84 Å². The molecule has 2 heterocycles. The van der Waals surface area contributed by atoms with Gasteiger partial charge in [0.05, 0.1) is 21.0 Å². The van der Waals surface area contributed by atoms with Crippen LogP contribution in [0.5, 0.6) is 0 Å². The number of hydrogen-bond acceptors (Lipinski definition) is 5. The molecule has 3 rings (SSSR count). The number of H-pyrrole nitrogens is 1. The molecule has 0 aliphatic carbocycles. The Hall–Kier alpha value is -2.10. The van der Waals surface area contributed by atoms with Gasteiger partial charge < -0.3 is 9.84 Å². The number of nitrogens with one attached hydrogen (secondary N) is 1. The number of aliphatic hydroxyl groups is 1. The molecule has 0 spiro atoms. The van der Waals surface area contributed by atoms with Gasteiger partial charge in [0.15, 0.2) is 9.84 Å². The smallest absolute Gasteiger partial charge is 0.294 e. The summed E-state index contributed by atoms with van der Waals surface area (Å²) in [5, 5.41) is 17.0. The van der Waals surface area contributed by atoms with Crippen molar-refractivity contribution in [2.45, 2.75) is 67.8 Å². The van der Waals surface area contributed by atoms with Gasteiger partial charge in [0.2, 0.25) is 0 Å². The molecule has 0 saturated carbocycles. The Kier molecular flexibility index (Phi) is 5.92. The molecule has 0 bridgehead atoms. The van der Waals surface area contributed by atoms with Crippen LogP contribution in [-0.4, -0.2) is 35.1 Å². The summed E-state index contributed by atoms with van der Waals surface area (Å²) in [6.45, 7) is 9.50. The molecule has 6 nitrogen and oxygen atoms in total. The molecule has 170 valence electrons. The number of allylic oxidation sites excluding steroid dienone is 1. The van der Waals surface area contributed by atoms with E-state index >= 15 is 0 Å². The summed E-state index contributed by atoms with van der Waals surface area (Å²) < 4.78 is 60.4. The first-order valence-electron chi connectivity index (χ1n) is 9.97. The lowest BCUT2D eigenvalue weighted by atomic mass is 9.94. The lowest BCUT2D eigenvalue weighted by Crippen LogP contribution is -2.42. The number of ether oxygens (including phenoxy) is 1. The maximum absolute atomic E-state index is 14.4. The third-order valence-corrected chi connectivity index (χ3v) is 8.37. The van der Waals surface area contributed by atoms with Gasteiger partial charge >= 0.3 is 0 Å². The lowest BCUT2D eigenvalue weighted by molar-refractivity contribution is -0.00225. The van der Waals surface area contributed by atoms with E-state index in [0.717, 1.165) is 6.07 Å². The molecule has 1 aromatic heterocycles. The van der Waals surface area contributed by atoms with Crippen LogP contribution in [-0.2, 0) is 26.1 Å². The van der Waals surface area contributed by atoms with Gasteiger partial charge in [-0.2, -0.15) is 13.9 Å². The Balaban J connectivity index is 1.94. The highest BCUT2D eigenvalue weighted by atomic mass is 32.2. The van der Waals surface area contributed by atoms with Crippen molar-refractivity contribution in [2.24, 2.45) is 0 Å². The van der Waals surface area contributed by atoms with Crippen LogP contribution in [0.4, 0.5) is 8.78 Å². The van der Waals surface area contributed by atoms with E-state index in [2.05, 4.69) is 16.8 Å². The number of benzene rings is 1. The zero-order chi connectivity index (χ0) is 23.2. The maximum Gasteiger partial charge on any atom is 0.294 e. The zero-order valence-corrected chi connectivity index (χ0v) is 18.9. The minimum atomic E-state index is -3.96. The minimum absolute atomic E-state index is 0.115. The molecule has 2 N–H and O–H groups in total. The molecule has 1 saturated heterocycles. The average molecular weight is 455 g/mol. The second-order valence-electron chi connectivity index (χ2n) is 8.92. The summed E-state index contributed by atoms with van der Waals surface area (Å²) in [6, 6.07) is 6.54. The van der Waals surface area contributed by atoms with Gasteiger partial charge in [-0.1, -0.05) is 18.7 Å². The first kappa shape index (κ1) is 23.6. The van der Waals surface area contributed by atoms with Gasteiger partial charge in [-0.05, 0) is 64.3 Å². The van der Waals surface area contributed by atoms with Crippen molar-refractivity contribution in [3.8, 4) is 0 Å². The van der Waals surface area contributed by atoms with Crippen LogP contribution in [0.3, 0.4) is 0 Å². The zero-order valence-electron chi connectivity index (χ0n) is 18.1. The molecular formula is C22H28F2N2O4S. The van der Waals surface area contributed by atoms with Gasteiger partial charge in [0.25, 0.3) is 5.92 Å². The van der Waals surface area contributed by atoms with Crippen molar-refractivity contribution in [1.29, 1.82) is 0 Å². The molecule has 2 unspecified atom stereocenters. The van der Waals surface area contributed by atoms with Crippen LogP contribution in [0.15, 0.2) is 47.4 Å². The Bertz CT molecular complexity index is 1090. The highest BCUT2D eigenvalue weighted by Crippen LogP contribution is 2.43. The molecule has 0 amide bonds. The summed E-state index contributed by atoms with van der Waals surface area (Å²) >= 11 is 0. The van der Waals surface area contributed by atoms with Gasteiger partial charge in [0.1, 0.15) is 11.7 Å². The fourth-order valence-electron chi connectivity index (χ4n) is 3.62. The third kappa shape index (κ3) is 4.31. The number of hydrogen-bond donors (Lipinski definition) is 2. The predicted molar refractivity (Wildman–Crippen MR) is 113 cm³/mol. The number of halogens is 2. The summed E-state index contributed by atoms with van der Waals surface area (Å²) in [5.74, 6) is -3.33. The van der Waals surface area contributed by atoms with Crippen LogP contribution in [0.1, 0.15) is 63.6 Å². The van der Waals surface area contributed by atoms with Crippen molar-refractivity contribution in [3.05, 3.63) is 59.4 Å². The second kappa shape index (κ2) is 7.79. The van der Waals surface area contributed by atoms with Crippen LogP contribution in [0.25, 0.3) is 0 Å². The van der Waals surface area contributed by atoms with Gasteiger partial charge in [0, 0.05) is 12.2 Å². The molecule has 9 heteroatoms. The van der Waals surface area contributed by atoms with Crippen molar-refractivity contribution < 1.29 is 27.0 Å². The van der Waals surface area contributed by atoms with Gasteiger partial charge in [-0.3, -0.25) is 5.10 Å². The molecule has 2 aromatic rings. The van der Waals surface area contributed by atoms with E-state index in [1.165, 1.54) is 25.1 Å². The average Bonchev–Trinajstić information content (AvgIpc) is 3.19. The van der Waals surface area contributed by atoms with Gasteiger partial charge in [-0.15, -0.1) is 0 Å². The molecule has 2 atom stereocenters. The van der Waals surface area contributed by atoms with E-state index in [4.69, 9.17) is 4.74 Å². The van der Waals surface area contributed by atoms with Crippen molar-refractivity contribution in [3.63, 3.8) is 0 Å². The summed E-state index contributed by atoms with van der Waals surface area (Å²) in [7, 11) is -3.96. The summed E-state index contributed by atoms with van der Waals surface area (Å²) in [4.78, 5) is -0.157. The minimum Gasteiger partial charge on any atom is -0.384 e. The number of rotatable bonds is 6. The van der Waals surface area contributed by atoms with Crippen LogP contribution < -0.4 is 0 Å². The SMILES string of the molecule is C=C(C)C(F)(F)c1cccc(S(=O)(=O)C2(C)CCOC(c3cc(C(C)(C)O)n[nH]3)C2)c1. The molecule has 1 aromatic carbocycles. The van der Waals surface area contributed by atoms with Crippen LogP contribution in [0, 0.1) is 0 Å². The normalized spacial score (nSPS) is 23.0. The first-order chi connectivity index (χ1) is 14.2. The van der Waals surface area contributed by atoms with E-state index in [9.17, 15) is 22.3 Å². The number of alkyl halides is 2. The lowest BCUT2D eigenvalue weighted by Gasteiger charge is -2.37. The molecule has 1 aliphatic heterocycles. The predicted octanol–water partition coefficient (Wildman–Crippen LogP) is 4.39. The number of nitrogens with zero attached hydrogens (tertiary/aromatic N) is 1. The molecular weight excluding hydrogens is 426 g/mol. The quantitative estimate of drug-likeness (QED) is 0.632. The first-order valence-corrected chi connectivity index (χ1v) is 11.5. The fourth-order valence-corrected chi connectivity index (χ4v) is 5.45. The Morgan fingerprint density at radius 1 is 1.35 bits per heavy atom. The van der Waals surface area contributed by atoms with E-state index in [1.54, 1.807) is 26.8 Å². The fraction of sp³-hybridized carbons (Fsp3) is 0.500. The second-order valence-corrected chi connectivity index (χ2v) is 11.4. The Morgan fingerprint density at radius 3 is 2.61 bits per heavy atom. The van der Waals surface area contributed by atoms with E-state index in [1.807, 2.05) is 0 Å². The highest BCUT2D eigenvalue weighted by molar-refractivity contribution is 7.92. The molecule has 31 heavy (non-hydrogen) atoms. The Morgan fingerprint density at radius 2 is 2.03 bits per heavy atom. The number of sulfone groups is 1. The largest absolute Gasteiger partial charge is 0.384 e. The topological polar surface area (TPSA) is 92.3 Å². The maximum atomic E-state index is 14.4.